The van der Waals surface area contributed by atoms with Crippen LogP contribution in [-0.4, -0.2) is 12.2 Å². The molecule has 0 amide bonds. The van der Waals surface area contributed by atoms with Gasteiger partial charge in [-0.1, -0.05) is 60.7 Å². The molecule has 148 valence electrons. The van der Waals surface area contributed by atoms with Crippen molar-refractivity contribution >= 4 is 23.1 Å². The standard InChI is InChI=1S/C27H24N2O/c1-27(2)26(22(19-28)20-30-27)18-15-21-13-16-25(17-14-21)29(23-9-5-3-6-10-23)24-11-7-4-8-12-24/h3-18H,20H2,1-2H3. The smallest absolute Gasteiger partial charge is 0.0975 e. The summed E-state index contributed by atoms with van der Waals surface area (Å²) in [4.78, 5) is 2.23. The summed E-state index contributed by atoms with van der Waals surface area (Å²) in [6.07, 6.45) is 4.05. The largest absolute Gasteiger partial charge is 0.365 e. The van der Waals surface area contributed by atoms with Crippen molar-refractivity contribution in [2.24, 2.45) is 0 Å². The number of para-hydroxylation sites is 2. The van der Waals surface area contributed by atoms with Crippen molar-refractivity contribution in [3.8, 4) is 6.07 Å². The highest BCUT2D eigenvalue weighted by Crippen LogP contribution is 2.35. The van der Waals surface area contributed by atoms with E-state index in [1.54, 1.807) is 0 Å². The van der Waals surface area contributed by atoms with E-state index >= 15 is 0 Å². The maximum atomic E-state index is 9.35. The van der Waals surface area contributed by atoms with E-state index in [-0.39, 0.29) is 0 Å². The van der Waals surface area contributed by atoms with Crippen LogP contribution in [0.3, 0.4) is 0 Å². The summed E-state index contributed by atoms with van der Waals surface area (Å²) < 4.78 is 5.74. The summed E-state index contributed by atoms with van der Waals surface area (Å²) in [6.45, 7) is 4.38. The average Bonchev–Trinajstić information content (AvgIpc) is 3.08. The SMILES string of the molecule is CC1(C)OCC(C#N)=C1C=Cc1ccc(N(c2ccccc2)c2ccccc2)cc1. The Morgan fingerprint density at radius 3 is 1.87 bits per heavy atom. The van der Waals surface area contributed by atoms with Crippen LogP contribution in [0.25, 0.3) is 6.08 Å². The van der Waals surface area contributed by atoms with E-state index in [2.05, 4.69) is 59.5 Å². The molecular formula is C27H24N2O. The van der Waals surface area contributed by atoms with E-state index in [1.165, 1.54) is 0 Å². The van der Waals surface area contributed by atoms with Crippen LogP contribution in [0.4, 0.5) is 17.1 Å². The van der Waals surface area contributed by atoms with E-state index in [0.717, 1.165) is 28.2 Å². The molecule has 0 unspecified atom stereocenters. The van der Waals surface area contributed by atoms with Gasteiger partial charge in [-0.05, 0) is 61.4 Å². The van der Waals surface area contributed by atoms with Gasteiger partial charge in [0.15, 0.2) is 0 Å². The van der Waals surface area contributed by atoms with Crippen molar-refractivity contribution in [3.05, 3.63) is 108 Å². The molecule has 0 N–H and O–H groups in total. The van der Waals surface area contributed by atoms with Crippen molar-refractivity contribution in [2.45, 2.75) is 19.4 Å². The third-order valence-corrected chi connectivity index (χ3v) is 5.31. The van der Waals surface area contributed by atoms with Crippen LogP contribution in [0, 0.1) is 11.3 Å². The minimum atomic E-state index is -0.432. The number of hydrogen-bond acceptors (Lipinski definition) is 3. The summed E-state index contributed by atoms with van der Waals surface area (Å²) in [5, 5.41) is 9.35. The number of hydrogen-bond donors (Lipinski definition) is 0. The summed E-state index contributed by atoms with van der Waals surface area (Å²) in [5.41, 5.74) is 5.61. The van der Waals surface area contributed by atoms with Gasteiger partial charge in [-0.3, -0.25) is 0 Å². The topological polar surface area (TPSA) is 36.3 Å². The van der Waals surface area contributed by atoms with Crippen LogP contribution in [0.2, 0.25) is 0 Å². The Kier molecular flexibility index (Phi) is 5.52. The first-order chi connectivity index (χ1) is 14.6. The highest BCUT2D eigenvalue weighted by Gasteiger charge is 2.31. The molecule has 0 radical (unpaired) electrons. The molecular weight excluding hydrogens is 368 g/mol. The molecule has 0 aromatic heterocycles. The number of rotatable bonds is 5. The van der Waals surface area contributed by atoms with Gasteiger partial charge in [0, 0.05) is 17.1 Å². The third kappa shape index (κ3) is 4.05. The first kappa shape index (κ1) is 19.7. The van der Waals surface area contributed by atoms with Crippen molar-refractivity contribution in [1.29, 1.82) is 5.26 Å². The highest BCUT2D eigenvalue weighted by atomic mass is 16.5. The molecule has 0 atom stereocenters. The Hall–Kier alpha value is -3.61. The molecule has 30 heavy (non-hydrogen) atoms. The van der Waals surface area contributed by atoms with Gasteiger partial charge < -0.3 is 9.64 Å². The summed E-state index contributed by atoms with van der Waals surface area (Å²) in [7, 11) is 0. The zero-order valence-electron chi connectivity index (χ0n) is 17.2. The van der Waals surface area contributed by atoms with Crippen LogP contribution in [-0.2, 0) is 4.74 Å². The lowest BCUT2D eigenvalue weighted by Gasteiger charge is -2.25. The van der Waals surface area contributed by atoms with Gasteiger partial charge in [-0.15, -0.1) is 0 Å². The van der Waals surface area contributed by atoms with Crippen LogP contribution in [0.1, 0.15) is 19.4 Å². The van der Waals surface area contributed by atoms with Gasteiger partial charge in [-0.2, -0.15) is 5.26 Å². The minimum Gasteiger partial charge on any atom is -0.365 e. The van der Waals surface area contributed by atoms with Crippen molar-refractivity contribution in [2.75, 3.05) is 11.5 Å². The van der Waals surface area contributed by atoms with Gasteiger partial charge in [0.1, 0.15) is 0 Å². The molecule has 0 fully saturated rings. The molecule has 0 saturated carbocycles. The zero-order valence-corrected chi connectivity index (χ0v) is 17.2. The molecule has 1 aliphatic heterocycles. The number of benzene rings is 3. The Balaban J connectivity index is 1.64. The van der Waals surface area contributed by atoms with Gasteiger partial charge in [0.25, 0.3) is 0 Å². The van der Waals surface area contributed by atoms with Gasteiger partial charge in [0.2, 0.25) is 0 Å². The Morgan fingerprint density at radius 1 is 0.800 bits per heavy atom. The fourth-order valence-electron chi connectivity index (χ4n) is 3.68. The van der Waals surface area contributed by atoms with Crippen LogP contribution >= 0.6 is 0 Å². The van der Waals surface area contributed by atoms with E-state index < -0.39 is 5.60 Å². The van der Waals surface area contributed by atoms with Gasteiger partial charge in [-0.25, -0.2) is 0 Å². The second kappa shape index (κ2) is 8.41. The lowest BCUT2D eigenvalue weighted by atomic mass is 9.95. The normalized spacial score (nSPS) is 15.4. The lowest BCUT2D eigenvalue weighted by molar-refractivity contribution is 0.0512. The fourth-order valence-corrected chi connectivity index (χ4v) is 3.68. The Labute approximate surface area is 178 Å². The second-order valence-corrected chi connectivity index (χ2v) is 7.73. The zero-order chi connectivity index (χ0) is 21.0. The first-order valence-electron chi connectivity index (χ1n) is 10.0. The molecule has 0 bridgehead atoms. The number of ether oxygens (including phenoxy) is 1. The predicted octanol–water partition coefficient (Wildman–Crippen LogP) is 6.80. The van der Waals surface area contributed by atoms with Gasteiger partial charge >= 0.3 is 0 Å². The molecule has 0 saturated heterocycles. The van der Waals surface area contributed by atoms with Crippen LogP contribution < -0.4 is 4.90 Å². The minimum absolute atomic E-state index is 0.380. The molecule has 3 heteroatoms. The third-order valence-electron chi connectivity index (χ3n) is 5.31. The molecule has 3 nitrogen and oxygen atoms in total. The van der Waals surface area contributed by atoms with Crippen LogP contribution in [0.5, 0.6) is 0 Å². The number of nitrogens with zero attached hydrogens (tertiary/aromatic N) is 2. The Bertz CT molecular complexity index is 1070. The quantitative estimate of drug-likeness (QED) is 0.479. The van der Waals surface area contributed by atoms with Crippen molar-refractivity contribution in [1.82, 2.24) is 0 Å². The van der Waals surface area contributed by atoms with Crippen molar-refractivity contribution < 1.29 is 4.74 Å². The molecule has 0 spiro atoms. The molecule has 1 aliphatic rings. The molecule has 4 rings (SSSR count). The van der Waals surface area contributed by atoms with Gasteiger partial charge in [0.05, 0.1) is 23.9 Å². The maximum absolute atomic E-state index is 9.35. The van der Waals surface area contributed by atoms with E-state index in [1.807, 2.05) is 62.4 Å². The summed E-state index contributed by atoms with van der Waals surface area (Å²) >= 11 is 0. The predicted molar refractivity (Wildman–Crippen MR) is 123 cm³/mol. The fraction of sp³-hybridized carbons (Fsp3) is 0.148. The van der Waals surface area contributed by atoms with Crippen molar-refractivity contribution in [3.63, 3.8) is 0 Å². The second-order valence-electron chi connectivity index (χ2n) is 7.73. The van der Waals surface area contributed by atoms with E-state index in [9.17, 15) is 5.26 Å². The Morgan fingerprint density at radius 2 is 1.33 bits per heavy atom. The molecule has 3 aromatic rings. The number of anilines is 3. The number of nitriles is 1. The van der Waals surface area contributed by atoms with E-state index in [0.29, 0.717) is 12.2 Å². The monoisotopic (exact) mass is 392 g/mol. The maximum Gasteiger partial charge on any atom is 0.0975 e. The molecule has 0 aliphatic carbocycles. The molecule has 3 aromatic carbocycles. The van der Waals surface area contributed by atoms with Crippen LogP contribution in [0.15, 0.2) is 102 Å². The van der Waals surface area contributed by atoms with E-state index in [4.69, 9.17) is 4.74 Å². The summed E-state index contributed by atoms with van der Waals surface area (Å²) in [6, 6.07) is 31.4. The average molecular weight is 393 g/mol. The summed E-state index contributed by atoms with van der Waals surface area (Å²) in [5.74, 6) is 0. The molecule has 1 heterocycles. The lowest BCUT2D eigenvalue weighted by Crippen LogP contribution is -2.20. The first-order valence-corrected chi connectivity index (χ1v) is 10.0. The highest BCUT2D eigenvalue weighted by molar-refractivity contribution is 5.77.